The molecule has 1 amide bonds. The van der Waals surface area contributed by atoms with Crippen LogP contribution >= 0.6 is 0 Å². The van der Waals surface area contributed by atoms with Crippen molar-refractivity contribution >= 4 is 22.6 Å². The number of carbonyl (C=O) groups is 2. The molecule has 5 nitrogen and oxygen atoms in total. The summed E-state index contributed by atoms with van der Waals surface area (Å²) in [5.74, 6) is 0.0514. The smallest absolute Gasteiger partial charge is 0.224 e. The maximum Gasteiger partial charge on any atom is 0.224 e. The Hall–Kier alpha value is -3.70. The highest BCUT2D eigenvalue weighted by Crippen LogP contribution is 2.24. The quantitative estimate of drug-likeness (QED) is 0.352. The number of nitrogens with one attached hydrogen (secondary N) is 3. The Kier molecular flexibility index (Phi) is 6.78. The summed E-state index contributed by atoms with van der Waals surface area (Å²) in [7, 11) is 1.64. The highest BCUT2D eigenvalue weighted by Gasteiger charge is 2.23. The number of hydrogen-bond donors (Lipinski definition) is 3. The van der Waals surface area contributed by atoms with Crippen molar-refractivity contribution in [3.8, 4) is 0 Å². The van der Waals surface area contributed by atoms with Gasteiger partial charge in [-0.05, 0) is 29.2 Å². The number of para-hydroxylation sites is 1. The molecule has 3 N–H and O–H groups in total. The van der Waals surface area contributed by atoms with Gasteiger partial charge in [0, 0.05) is 36.3 Å². The Labute approximate surface area is 187 Å². The number of H-pyrrole nitrogens is 1. The van der Waals surface area contributed by atoms with E-state index in [0.29, 0.717) is 18.5 Å². The van der Waals surface area contributed by atoms with E-state index in [9.17, 15) is 9.59 Å². The van der Waals surface area contributed by atoms with Crippen LogP contribution in [0.1, 0.15) is 33.1 Å². The zero-order valence-electron chi connectivity index (χ0n) is 18.1. The molecule has 1 aromatic heterocycles. The second-order valence-corrected chi connectivity index (χ2v) is 7.83. The van der Waals surface area contributed by atoms with E-state index in [0.717, 1.165) is 34.0 Å². The van der Waals surface area contributed by atoms with Gasteiger partial charge in [-0.25, -0.2) is 0 Å². The van der Waals surface area contributed by atoms with Crippen molar-refractivity contribution in [2.75, 3.05) is 13.6 Å². The van der Waals surface area contributed by atoms with Crippen LogP contribution in [-0.2, 0) is 17.6 Å². The van der Waals surface area contributed by atoms with Crippen LogP contribution in [-0.4, -0.2) is 30.3 Å². The molecule has 0 saturated carbocycles. The molecule has 0 bridgehead atoms. The number of ketones is 1. The van der Waals surface area contributed by atoms with Crippen LogP contribution in [0.5, 0.6) is 0 Å². The van der Waals surface area contributed by atoms with E-state index in [1.54, 1.807) is 13.2 Å². The van der Waals surface area contributed by atoms with E-state index in [1.165, 1.54) is 0 Å². The molecule has 0 aliphatic rings. The maximum atomic E-state index is 13.5. The molecule has 0 unspecified atom stereocenters. The highest BCUT2D eigenvalue weighted by molar-refractivity contribution is 6.10. The lowest BCUT2D eigenvalue weighted by Gasteiger charge is -2.18. The summed E-state index contributed by atoms with van der Waals surface area (Å²) >= 11 is 0. The lowest BCUT2D eigenvalue weighted by Crippen LogP contribution is -2.30. The van der Waals surface area contributed by atoms with Crippen LogP contribution in [0.3, 0.4) is 0 Å². The minimum atomic E-state index is -0.428. The van der Waals surface area contributed by atoms with Gasteiger partial charge in [-0.1, -0.05) is 72.8 Å². The lowest BCUT2D eigenvalue weighted by molar-refractivity contribution is -0.119. The topological polar surface area (TPSA) is 74.0 Å². The number of Topliss-reactive ketones (excluding diaryl/α,β-unsaturated/α-hetero) is 1. The van der Waals surface area contributed by atoms with Gasteiger partial charge < -0.3 is 15.6 Å². The van der Waals surface area contributed by atoms with Crippen molar-refractivity contribution in [2.45, 2.75) is 18.9 Å². The van der Waals surface area contributed by atoms with Crippen molar-refractivity contribution in [1.82, 2.24) is 15.6 Å². The van der Waals surface area contributed by atoms with Gasteiger partial charge >= 0.3 is 0 Å². The molecule has 1 atom stereocenters. The average molecular weight is 426 g/mol. The van der Waals surface area contributed by atoms with Crippen molar-refractivity contribution in [3.05, 3.63) is 107 Å². The Morgan fingerprint density at radius 3 is 2.31 bits per heavy atom. The second kappa shape index (κ2) is 10.1. The molecule has 0 radical (unpaired) electrons. The predicted octanol–water partition coefficient (Wildman–Crippen LogP) is 4.21. The Balaban J connectivity index is 1.47. The molecule has 162 valence electrons. The molecule has 5 heteroatoms. The van der Waals surface area contributed by atoms with E-state index < -0.39 is 6.04 Å². The number of likely N-dealkylation sites (N-methyl/N-ethyl adjacent to an activating group) is 1. The number of carbonyl (C=O) groups excluding carboxylic acids is 2. The molecular weight excluding hydrogens is 398 g/mol. The normalized spacial score (nSPS) is 11.9. The van der Waals surface area contributed by atoms with E-state index in [4.69, 9.17) is 0 Å². The summed E-state index contributed by atoms with van der Waals surface area (Å²) in [5, 5.41) is 7.04. The van der Waals surface area contributed by atoms with E-state index in [1.807, 2.05) is 78.9 Å². The second-order valence-electron chi connectivity index (χ2n) is 7.83. The van der Waals surface area contributed by atoms with Crippen molar-refractivity contribution in [2.24, 2.45) is 0 Å². The minimum absolute atomic E-state index is 0.000845. The minimum Gasteiger partial charge on any atom is -0.360 e. The van der Waals surface area contributed by atoms with Gasteiger partial charge in [-0.3, -0.25) is 9.59 Å². The number of rotatable bonds is 9. The standard InChI is InChI=1S/C27H27N3O2/c1-28-25(31)17-20-13-11-19(12-14-20)15-16-29-26(21-7-3-2-4-8-21)27(32)23-18-30-24-10-6-5-9-22(23)24/h2-14,18,26,29-30H,15-17H2,1H3,(H,28,31)/t26-/m0/s1. The van der Waals surface area contributed by atoms with Crippen LogP contribution in [0.15, 0.2) is 85.1 Å². The van der Waals surface area contributed by atoms with Crippen LogP contribution in [0.25, 0.3) is 10.9 Å². The molecule has 4 rings (SSSR count). The summed E-state index contributed by atoms with van der Waals surface area (Å²) in [6.07, 6.45) is 2.96. The highest BCUT2D eigenvalue weighted by atomic mass is 16.1. The summed E-state index contributed by atoms with van der Waals surface area (Å²) in [4.78, 5) is 28.3. The molecule has 4 aromatic rings. The van der Waals surface area contributed by atoms with Gasteiger partial charge in [0.15, 0.2) is 5.78 Å². The van der Waals surface area contributed by atoms with Gasteiger partial charge in [-0.2, -0.15) is 0 Å². The number of benzene rings is 3. The first-order valence-corrected chi connectivity index (χ1v) is 10.8. The van der Waals surface area contributed by atoms with Crippen LogP contribution in [0, 0.1) is 0 Å². The molecule has 0 aliphatic carbocycles. The van der Waals surface area contributed by atoms with Gasteiger partial charge in [0.2, 0.25) is 5.91 Å². The van der Waals surface area contributed by atoms with Crippen molar-refractivity contribution < 1.29 is 9.59 Å². The zero-order valence-corrected chi connectivity index (χ0v) is 18.1. The first kappa shape index (κ1) is 21.5. The Bertz CT molecular complexity index is 1200. The third-order valence-electron chi connectivity index (χ3n) is 5.68. The lowest BCUT2D eigenvalue weighted by atomic mass is 9.96. The first-order chi connectivity index (χ1) is 15.7. The summed E-state index contributed by atoms with van der Waals surface area (Å²) < 4.78 is 0. The monoisotopic (exact) mass is 425 g/mol. The molecule has 0 fully saturated rings. The Morgan fingerprint density at radius 2 is 1.56 bits per heavy atom. The summed E-state index contributed by atoms with van der Waals surface area (Å²) in [6.45, 7) is 0.655. The molecule has 0 aliphatic heterocycles. The van der Waals surface area contributed by atoms with Crippen LogP contribution in [0.4, 0.5) is 0 Å². The summed E-state index contributed by atoms with van der Waals surface area (Å²) in [6, 6.07) is 25.3. The van der Waals surface area contributed by atoms with E-state index >= 15 is 0 Å². The largest absolute Gasteiger partial charge is 0.360 e. The fourth-order valence-corrected chi connectivity index (χ4v) is 3.90. The molecule has 3 aromatic carbocycles. The fraction of sp³-hybridized carbons (Fsp3) is 0.185. The molecule has 1 heterocycles. The third kappa shape index (κ3) is 4.95. The van der Waals surface area contributed by atoms with Crippen molar-refractivity contribution in [3.63, 3.8) is 0 Å². The maximum absolute atomic E-state index is 13.5. The molecule has 0 saturated heterocycles. The number of aromatic amines is 1. The number of fused-ring (bicyclic) bond motifs is 1. The first-order valence-electron chi connectivity index (χ1n) is 10.8. The van der Waals surface area contributed by atoms with Crippen molar-refractivity contribution in [1.29, 1.82) is 0 Å². The number of aromatic nitrogens is 1. The van der Waals surface area contributed by atoms with Gasteiger partial charge in [0.05, 0.1) is 12.5 Å². The summed E-state index contributed by atoms with van der Waals surface area (Å²) in [5.41, 5.74) is 4.74. The van der Waals surface area contributed by atoms with Gasteiger partial charge in [-0.15, -0.1) is 0 Å². The molecular formula is C27H27N3O2. The van der Waals surface area contributed by atoms with E-state index in [2.05, 4.69) is 15.6 Å². The van der Waals surface area contributed by atoms with Gasteiger partial charge in [0.25, 0.3) is 0 Å². The SMILES string of the molecule is CNC(=O)Cc1ccc(CCN[C@H](C(=O)c2c[nH]c3ccccc23)c2ccccc2)cc1. The Morgan fingerprint density at radius 1 is 0.875 bits per heavy atom. The van der Waals surface area contributed by atoms with Crippen LogP contribution in [0.2, 0.25) is 0 Å². The molecule has 32 heavy (non-hydrogen) atoms. The van der Waals surface area contributed by atoms with Gasteiger partial charge in [0.1, 0.15) is 0 Å². The predicted molar refractivity (Wildman–Crippen MR) is 128 cm³/mol. The number of hydrogen-bond acceptors (Lipinski definition) is 3. The van der Waals surface area contributed by atoms with E-state index in [-0.39, 0.29) is 11.7 Å². The number of amides is 1. The third-order valence-corrected chi connectivity index (χ3v) is 5.68. The van der Waals surface area contributed by atoms with Crippen LogP contribution < -0.4 is 10.6 Å². The average Bonchev–Trinajstić information content (AvgIpc) is 3.27. The fourth-order valence-electron chi connectivity index (χ4n) is 3.90. The molecule has 0 spiro atoms. The zero-order chi connectivity index (χ0) is 22.3.